The molecule has 2 aliphatic rings. The number of aliphatic carboxylic acids is 1. The molecule has 10 nitrogen and oxygen atoms in total. The molecule has 0 bridgehead atoms. The maximum Gasteiger partial charge on any atom is 0.326 e. The molecular weight excluding hydrogens is 553 g/mol. The van der Waals surface area contributed by atoms with Gasteiger partial charge in [-0.3, -0.25) is 9.59 Å². The predicted molar refractivity (Wildman–Crippen MR) is 150 cm³/mol. The Morgan fingerprint density at radius 2 is 1.78 bits per heavy atom. The van der Waals surface area contributed by atoms with Crippen LogP contribution < -0.4 is 0 Å². The summed E-state index contributed by atoms with van der Waals surface area (Å²) >= 11 is 0. The van der Waals surface area contributed by atoms with E-state index in [1.807, 2.05) is 4.90 Å². The number of phenolic OH excluding ortho intramolecular Hbond substituents is 1. The van der Waals surface area contributed by atoms with Crippen LogP contribution in [-0.4, -0.2) is 102 Å². The van der Waals surface area contributed by atoms with Gasteiger partial charge in [0.1, 0.15) is 17.6 Å². The van der Waals surface area contributed by atoms with Crippen molar-refractivity contribution in [2.45, 2.75) is 31.7 Å². The van der Waals surface area contributed by atoms with Gasteiger partial charge in [-0.15, -0.1) is 0 Å². The van der Waals surface area contributed by atoms with Crippen LogP contribution in [0.25, 0.3) is 0 Å². The van der Waals surface area contributed by atoms with Crippen molar-refractivity contribution in [3.8, 4) is 5.75 Å². The number of halogens is 1. The summed E-state index contributed by atoms with van der Waals surface area (Å²) in [4.78, 5) is 43.4. The zero-order valence-electron chi connectivity index (χ0n) is 23.4. The summed E-state index contributed by atoms with van der Waals surface area (Å²) in [6, 6.07) is 9.40. The summed E-state index contributed by atoms with van der Waals surface area (Å²) in [6.45, 7) is 2.45. The number of likely N-dealkylation sites (N-methyl/N-ethyl adjacent to an activating group) is 1. The summed E-state index contributed by atoms with van der Waals surface area (Å²) in [7, 11) is -2.03. The number of hydrogen-bond acceptors (Lipinski definition) is 7. The molecule has 4 atom stereocenters. The first-order valence-corrected chi connectivity index (χ1v) is 15.4. The van der Waals surface area contributed by atoms with E-state index in [4.69, 9.17) is 0 Å². The van der Waals surface area contributed by atoms with Crippen molar-refractivity contribution < 1.29 is 37.4 Å². The van der Waals surface area contributed by atoms with E-state index >= 15 is 0 Å². The fourth-order valence-electron chi connectivity index (χ4n) is 6.04. The normalized spacial score (nSPS) is 23.6. The molecule has 4 rings (SSSR count). The van der Waals surface area contributed by atoms with Gasteiger partial charge in [0.05, 0.1) is 12.2 Å². The molecule has 2 aromatic carbocycles. The number of carbonyl (C=O) groups is 3. The predicted octanol–water partition coefficient (Wildman–Crippen LogP) is 2.32. The van der Waals surface area contributed by atoms with Gasteiger partial charge in [-0.25, -0.2) is 21.9 Å². The summed E-state index contributed by atoms with van der Waals surface area (Å²) in [5.41, 5.74) is 1.01. The number of sulfonamides is 1. The number of carboxylic acids is 1. The number of aromatic hydroxyl groups is 1. The highest BCUT2D eigenvalue weighted by Gasteiger charge is 2.48. The molecule has 1 amide bonds. The summed E-state index contributed by atoms with van der Waals surface area (Å²) in [5.74, 6) is -5.04. The highest BCUT2D eigenvalue weighted by atomic mass is 32.2. The molecular formula is C29H36FN3O7S. The average Bonchev–Trinajstić information content (AvgIpc) is 3.42. The summed E-state index contributed by atoms with van der Waals surface area (Å²) in [5, 5.41) is 19.9. The topological polar surface area (TPSA) is 136 Å². The Hall–Kier alpha value is -3.35. The Kier molecular flexibility index (Phi) is 9.15. The third-order valence-corrected chi connectivity index (χ3v) is 9.66. The van der Waals surface area contributed by atoms with Crippen LogP contribution in [0.15, 0.2) is 42.5 Å². The van der Waals surface area contributed by atoms with E-state index in [0.717, 1.165) is 6.26 Å². The molecule has 2 fully saturated rings. The van der Waals surface area contributed by atoms with Crippen LogP contribution in [0.4, 0.5) is 4.39 Å². The molecule has 0 saturated carbocycles. The molecule has 222 valence electrons. The molecule has 2 heterocycles. The zero-order chi connectivity index (χ0) is 30.1. The maximum atomic E-state index is 14.9. The largest absolute Gasteiger partial charge is 0.508 e. The lowest BCUT2D eigenvalue weighted by molar-refractivity contribution is -0.151. The van der Waals surface area contributed by atoms with Crippen molar-refractivity contribution >= 4 is 27.7 Å². The highest BCUT2D eigenvalue weighted by molar-refractivity contribution is 7.88. The number of rotatable bonds is 9. The molecule has 2 saturated heterocycles. The molecule has 0 radical (unpaired) electrons. The standard InChI is InChI=1S/C29H36FN3O7S/c1-18-21(9-5-10-24(18)30)26-22(27(35)19-7-4-8-20(34)15-19)16-32(14-13-31(2)41(3,39)40)17-23(26)28(36)33-12-6-11-25(33)29(37)38/h4-5,7-10,15,22-23,25-26,34H,6,11-14,16-17H2,1-3H3,(H,37,38)/t22-,23+,25?,26+/m0/s1. The van der Waals surface area contributed by atoms with Crippen LogP contribution in [-0.2, 0) is 19.6 Å². The van der Waals surface area contributed by atoms with E-state index in [2.05, 4.69) is 0 Å². The van der Waals surface area contributed by atoms with E-state index in [9.17, 15) is 37.4 Å². The first-order valence-electron chi connectivity index (χ1n) is 13.5. The molecule has 0 aromatic heterocycles. The molecule has 12 heteroatoms. The number of amides is 1. The Balaban J connectivity index is 1.81. The van der Waals surface area contributed by atoms with Crippen LogP contribution in [0, 0.1) is 24.6 Å². The first-order chi connectivity index (χ1) is 19.3. The van der Waals surface area contributed by atoms with Gasteiger partial charge in [0.25, 0.3) is 0 Å². The molecule has 2 aliphatic heterocycles. The van der Waals surface area contributed by atoms with Crippen LogP contribution in [0.1, 0.15) is 40.2 Å². The van der Waals surface area contributed by atoms with Gasteiger partial charge in [0.2, 0.25) is 15.9 Å². The van der Waals surface area contributed by atoms with Crippen LogP contribution >= 0.6 is 0 Å². The third kappa shape index (κ3) is 6.60. The van der Waals surface area contributed by atoms with E-state index < -0.39 is 51.5 Å². The first kappa shape index (κ1) is 30.6. The van der Waals surface area contributed by atoms with Gasteiger partial charge >= 0.3 is 5.97 Å². The van der Waals surface area contributed by atoms with Crippen molar-refractivity contribution in [1.29, 1.82) is 0 Å². The lowest BCUT2D eigenvalue weighted by Gasteiger charge is -2.45. The fraction of sp³-hybridized carbons (Fsp3) is 0.483. The third-order valence-electron chi connectivity index (χ3n) is 8.35. The number of hydrogen-bond donors (Lipinski definition) is 2. The highest BCUT2D eigenvalue weighted by Crippen LogP contribution is 2.42. The number of piperidine rings is 1. The Bertz CT molecular complexity index is 1430. The smallest absolute Gasteiger partial charge is 0.326 e. The van der Waals surface area contributed by atoms with Gasteiger partial charge in [0, 0.05) is 57.2 Å². The van der Waals surface area contributed by atoms with Crippen LogP contribution in [0.2, 0.25) is 0 Å². The number of carbonyl (C=O) groups excluding carboxylic acids is 2. The van der Waals surface area contributed by atoms with E-state index in [1.165, 1.54) is 46.6 Å². The van der Waals surface area contributed by atoms with E-state index in [0.29, 0.717) is 24.0 Å². The monoisotopic (exact) mass is 589 g/mol. The van der Waals surface area contributed by atoms with Crippen molar-refractivity contribution in [2.75, 3.05) is 46.0 Å². The molecule has 2 N–H and O–H groups in total. The minimum Gasteiger partial charge on any atom is -0.508 e. The van der Waals surface area contributed by atoms with E-state index in [1.54, 1.807) is 19.1 Å². The minimum absolute atomic E-state index is 0.106. The van der Waals surface area contributed by atoms with Crippen molar-refractivity contribution in [2.24, 2.45) is 11.8 Å². The maximum absolute atomic E-state index is 14.9. The molecule has 0 aliphatic carbocycles. The molecule has 2 aromatic rings. The summed E-state index contributed by atoms with van der Waals surface area (Å²) < 4.78 is 40.1. The molecule has 0 spiro atoms. The number of ketones is 1. The Morgan fingerprint density at radius 3 is 2.44 bits per heavy atom. The van der Waals surface area contributed by atoms with Crippen molar-refractivity contribution in [1.82, 2.24) is 14.1 Å². The van der Waals surface area contributed by atoms with Gasteiger partial charge in [-0.05, 0) is 49.1 Å². The second-order valence-electron chi connectivity index (χ2n) is 11.0. The van der Waals surface area contributed by atoms with Gasteiger partial charge in [0.15, 0.2) is 5.78 Å². The quantitative estimate of drug-likeness (QED) is 0.426. The minimum atomic E-state index is -3.48. The molecule has 41 heavy (non-hydrogen) atoms. The van der Waals surface area contributed by atoms with Crippen molar-refractivity contribution in [3.63, 3.8) is 0 Å². The molecule has 1 unspecified atom stereocenters. The van der Waals surface area contributed by atoms with Crippen LogP contribution in [0.5, 0.6) is 5.75 Å². The number of nitrogens with zero attached hydrogens (tertiary/aromatic N) is 3. The SMILES string of the molecule is Cc1c(F)cccc1[C@@H]1[C@@H](C(=O)c2cccc(O)c2)CN(CCN(C)S(C)(=O)=O)C[C@H]1C(=O)N1CCCC1C(=O)O. The van der Waals surface area contributed by atoms with Crippen LogP contribution in [0.3, 0.4) is 0 Å². The number of phenols is 1. The van der Waals surface area contributed by atoms with Gasteiger partial charge in [-0.1, -0.05) is 24.3 Å². The van der Waals surface area contributed by atoms with Gasteiger partial charge in [-0.2, -0.15) is 0 Å². The number of carboxylic acid groups (broad SMARTS) is 1. The lowest BCUT2D eigenvalue weighted by atomic mass is 9.69. The van der Waals surface area contributed by atoms with E-state index in [-0.39, 0.29) is 49.8 Å². The second-order valence-corrected chi connectivity index (χ2v) is 13.1. The summed E-state index contributed by atoms with van der Waals surface area (Å²) in [6.07, 6.45) is 1.92. The fourth-order valence-corrected chi connectivity index (χ4v) is 6.45. The lowest BCUT2D eigenvalue weighted by Crippen LogP contribution is -2.55. The Labute approximate surface area is 239 Å². The number of Topliss-reactive ketones (excluding diaryl/α,β-unsaturated/α-hetero) is 1. The number of likely N-dealkylation sites (tertiary alicyclic amines) is 2. The average molecular weight is 590 g/mol. The number of benzene rings is 2. The van der Waals surface area contributed by atoms with Crippen molar-refractivity contribution in [3.05, 3.63) is 65.0 Å². The zero-order valence-corrected chi connectivity index (χ0v) is 24.2. The van der Waals surface area contributed by atoms with Gasteiger partial charge < -0.3 is 20.0 Å². The Morgan fingerprint density at radius 1 is 1.10 bits per heavy atom. The second kappa shape index (κ2) is 12.3.